The van der Waals surface area contributed by atoms with Gasteiger partial charge < -0.3 is 19.7 Å². The van der Waals surface area contributed by atoms with Crippen LogP contribution in [0.25, 0.3) is 0 Å². The highest BCUT2D eigenvalue weighted by Gasteiger charge is 2.36. The van der Waals surface area contributed by atoms with Gasteiger partial charge in [-0.15, -0.1) is 0 Å². The first kappa shape index (κ1) is 16.3. The van der Waals surface area contributed by atoms with Crippen molar-refractivity contribution in [1.82, 2.24) is 4.90 Å². The van der Waals surface area contributed by atoms with Crippen molar-refractivity contribution in [3.63, 3.8) is 0 Å². The zero-order valence-electron chi connectivity index (χ0n) is 14.1. The van der Waals surface area contributed by atoms with Crippen LogP contribution in [0.4, 0.5) is 5.69 Å². The molecule has 6 heteroatoms. The van der Waals surface area contributed by atoms with E-state index < -0.39 is 0 Å². The number of para-hydroxylation sites is 1. The largest absolute Gasteiger partial charge is 0.454 e. The van der Waals surface area contributed by atoms with E-state index in [0.717, 1.165) is 22.1 Å². The van der Waals surface area contributed by atoms with Crippen LogP contribution in [-0.4, -0.2) is 23.6 Å². The second kappa shape index (κ2) is 6.26. The minimum Gasteiger partial charge on any atom is -0.454 e. The van der Waals surface area contributed by atoms with E-state index in [4.69, 9.17) is 9.47 Å². The van der Waals surface area contributed by atoms with Crippen molar-refractivity contribution in [2.75, 3.05) is 12.1 Å². The highest BCUT2D eigenvalue weighted by Crippen LogP contribution is 2.43. The maximum absolute atomic E-state index is 13.1. The maximum atomic E-state index is 13.1. The van der Waals surface area contributed by atoms with Crippen molar-refractivity contribution in [3.8, 4) is 11.5 Å². The summed E-state index contributed by atoms with van der Waals surface area (Å²) in [5.41, 5.74) is 2.52. The third-order valence-electron chi connectivity index (χ3n) is 4.79. The molecular weight excluding hydrogens is 384 g/mol. The summed E-state index contributed by atoms with van der Waals surface area (Å²) in [6.45, 7) is 4.37. The molecule has 2 aliphatic heterocycles. The standard InChI is InChI=1S/C19H19BrN2O3/c1-3-11(2)22-18(21-15-7-5-4-6-13(15)19(22)23)12-8-14(20)17-16(9-12)24-10-25-17/h4-9,11,18,21H,3,10H2,1-2H3/t11-,18+/m0/s1. The van der Waals surface area contributed by atoms with Gasteiger partial charge in [-0.25, -0.2) is 0 Å². The zero-order chi connectivity index (χ0) is 17.6. The lowest BCUT2D eigenvalue weighted by atomic mass is 10.0. The van der Waals surface area contributed by atoms with Crippen LogP contribution in [-0.2, 0) is 0 Å². The minimum atomic E-state index is -0.261. The predicted molar refractivity (Wildman–Crippen MR) is 99.0 cm³/mol. The molecule has 25 heavy (non-hydrogen) atoms. The Morgan fingerprint density at radius 2 is 2.12 bits per heavy atom. The van der Waals surface area contributed by atoms with E-state index in [1.54, 1.807) is 0 Å². The van der Waals surface area contributed by atoms with Crippen molar-refractivity contribution in [1.29, 1.82) is 0 Å². The fourth-order valence-corrected chi connectivity index (χ4v) is 3.88. The number of nitrogens with one attached hydrogen (secondary N) is 1. The zero-order valence-corrected chi connectivity index (χ0v) is 15.7. The van der Waals surface area contributed by atoms with Crippen molar-refractivity contribution in [2.45, 2.75) is 32.5 Å². The number of nitrogens with zero attached hydrogens (tertiary/aromatic N) is 1. The molecule has 0 bridgehead atoms. The molecule has 0 spiro atoms. The topological polar surface area (TPSA) is 50.8 Å². The van der Waals surface area contributed by atoms with Crippen LogP contribution in [0.2, 0.25) is 0 Å². The van der Waals surface area contributed by atoms with Crippen LogP contribution < -0.4 is 14.8 Å². The number of carbonyl (C=O) groups is 1. The van der Waals surface area contributed by atoms with Crippen LogP contribution in [0.15, 0.2) is 40.9 Å². The number of ether oxygens (including phenoxy) is 2. The van der Waals surface area contributed by atoms with Crippen molar-refractivity contribution < 1.29 is 14.3 Å². The molecule has 130 valence electrons. The summed E-state index contributed by atoms with van der Waals surface area (Å²) in [6, 6.07) is 11.7. The van der Waals surface area contributed by atoms with Gasteiger partial charge in [0.1, 0.15) is 6.17 Å². The summed E-state index contributed by atoms with van der Waals surface area (Å²) >= 11 is 3.55. The van der Waals surface area contributed by atoms with E-state index in [2.05, 4.69) is 35.1 Å². The van der Waals surface area contributed by atoms with Gasteiger partial charge in [-0.2, -0.15) is 0 Å². The van der Waals surface area contributed by atoms with Crippen molar-refractivity contribution in [2.24, 2.45) is 0 Å². The number of rotatable bonds is 3. The van der Waals surface area contributed by atoms with Gasteiger partial charge in [0.25, 0.3) is 5.91 Å². The molecule has 4 rings (SSSR count). The number of fused-ring (bicyclic) bond motifs is 2. The Balaban J connectivity index is 1.82. The highest BCUT2D eigenvalue weighted by atomic mass is 79.9. The van der Waals surface area contributed by atoms with Gasteiger partial charge in [-0.1, -0.05) is 19.1 Å². The molecule has 0 unspecified atom stereocenters. The first-order valence-corrected chi connectivity index (χ1v) is 9.16. The number of hydrogen-bond donors (Lipinski definition) is 1. The van der Waals surface area contributed by atoms with E-state index in [1.807, 2.05) is 41.3 Å². The average molecular weight is 403 g/mol. The van der Waals surface area contributed by atoms with Gasteiger partial charge >= 0.3 is 0 Å². The van der Waals surface area contributed by atoms with E-state index >= 15 is 0 Å². The Labute approximate surface area is 155 Å². The smallest absolute Gasteiger partial charge is 0.258 e. The molecule has 0 saturated heterocycles. The monoisotopic (exact) mass is 402 g/mol. The number of amides is 1. The molecule has 2 aromatic carbocycles. The van der Waals surface area contributed by atoms with Crippen LogP contribution in [0.5, 0.6) is 11.5 Å². The first-order chi connectivity index (χ1) is 12.1. The predicted octanol–water partition coefficient (Wildman–Crippen LogP) is 4.54. The SMILES string of the molecule is CC[C@H](C)N1C(=O)c2ccccc2N[C@H]1c1cc(Br)c2c(c1)OCO2. The molecule has 1 amide bonds. The number of carbonyl (C=O) groups excluding carboxylic acids is 1. The van der Waals surface area contributed by atoms with E-state index in [9.17, 15) is 4.79 Å². The Hall–Kier alpha value is -2.21. The molecular formula is C19H19BrN2O3. The van der Waals surface area contributed by atoms with Crippen LogP contribution in [0, 0.1) is 0 Å². The summed E-state index contributed by atoms with van der Waals surface area (Å²) < 4.78 is 11.8. The summed E-state index contributed by atoms with van der Waals surface area (Å²) in [4.78, 5) is 15.0. The molecule has 1 N–H and O–H groups in total. The quantitative estimate of drug-likeness (QED) is 0.818. The summed E-state index contributed by atoms with van der Waals surface area (Å²) in [5.74, 6) is 1.45. The average Bonchev–Trinajstić information content (AvgIpc) is 3.10. The van der Waals surface area contributed by atoms with E-state index in [-0.39, 0.29) is 24.9 Å². The lowest BCUT2D eigenvalue weighted by Crippen LogP contribution is -2.47. The number of anilines is 1. The van der Waals surface area contributed by atoms with Gasteiger partial charge in [0.15, 0.2) is 11.5 Å². The second-order valence-corrected chi connectivity index (χ2v) is 7.15. The molecule has 2 aromatic rings. The minimum absolute atomic E-state index is 0.0440. The normalized spacial score (nSPS) is 19.4. The van der Waals surface area contributed by atoms with Crippen LogP contribution in [0.3, 0.4) is 0 Å². The number of benzene rings is 2. The van der Waals surface area contributed by atoms with Gasteiger partial charge in [-0.05, 0) is 59.1 Å². The van der Waals surface area contributed by atoms with E-state index in [0.29, 0.717) is 17.1 Å². The Kier molecular flexibility index (Phi) is 4.07. The Bertz CT molecular complexity index is 839. The van der Waals surface area contributed by atoms with Gasteiger partial charge in [0.05, 0.1) is 10.0 Å². The fraction of sp³-hybridized carbons (Fsp3) is 0.316. The summed E-state index contributed by atoms with van der Waals surface area (Å²) in [7, 11) is 0. The van der Waals surface area contributed by atoms with Crippen LogP contribution in [0.1, 0.15) is 42.4 Å². The molecule has 0 saturated carbocycles. The van der Waals surface area contributed by atoms with Gasteiger partial charge in [0, 0.05) is 11.7 Å². The first-order valence-electron chi connectivity index (χ1n) is 8.37. The lowest BCUT2D eigenvalue weighted by molar-refractivity contribution is 0.0593. The van der Waals surface area contributed by atoms with Gasteiger partial charge in [0.2, 0.25) is 6.79 Å². The molecule has 0 fully saturated rings. The fourth-order valence-electron chi connectivity index (χ4n) is 3.31. The summed E-state index contributed by atoms with van der Waals surface area (Å²) in [5, 5.41) is 3.52. The van der Waals surface area contributed by atoms with Crippen LogP contribution >= 0.6 is 15.9 Å². The molecule has 2 aliphatic rings. The lowest BCUT2D eigenvalue weighted by Gasteiger charge is -2.41. The highest BCUT2D eigenvalue weighted by molar-refractivity contribution is 9.10. The Morgan fingerprint density at radius 1 is 1.32 bits per heavy atom. The van der Waals surface area contributed by atoms with E-state index in [1.165, 1.54) is 0 Å². The molecule has 2 atom stereocenters. The number of hydrogen-bond acceptors (Lipinski definition) is 4. The van der Waals surface area contributed by atoms with Crippen molar-refractivity contribution in [3.05, 3.63) is 52.0 Å². The molecule has 2 heterocycles. The van der Waals surface area contributed by atoms with Crippen molar-refractivity contribution >= 4 is 27.5 Å². The molecule has 0 aromatic heterocycles. The Morgan fingerprint density at radius 3 is 2.92 bits per heavy atom. The summed E-state index contributed by atoms with van der Waals surface area (Å²) in [6.07, 6.45) is 0.612. The molecule has 0 radical (unpaired) electrons. The maximum Gasteiger partial charge on any atom is 0.258 e. The second-order valence-electron chi connectivity index (χ2n) is 6.30. The third kappa shape index (κ3) is 2.65. The third-order valence-corrected chi connectivity index (χ3v) is 5.38. The molecule has 0 aliphatic carbocycles. The number of halogens is 1. The van der Waals surface area contributed by atoms with Gasteiger partial charge in [-0.3, -0.25) is 4.79 Å². The molecule has 5 nitrogen and oxygen atoms in total.